The maximum Gasteiger partial charge on any atom is 0.344 e. The average molecular weight is 472 g/mol. The number of Topliss-reactive ketones (excluding diaryl/α,β-unsaturated/α-hetero) is 1. The van der Waals surface area contributed by atoms with Crippen LogP contribution in [0.5, 0.6) is 5.75 Å². The van der Waals surface area contributed by atoms with Gasteiger partial charge in [-0.05, 0) is 36.2 Å². The number of carbonyl (C=O) groups is 2. The number of halogens is 1. The largest absolute Gasteiger partial charge is 0.482 e. The van der Waals surface area contributed by atoms with Crippen LogP contribution in [0, 0.1) is 6.92 Å². The highest BCUT2D eigenvalue weighted by Crippen LogP contribution is 2.21. The van der Waals surface area contributed by atoms with E-state index in [1.54, 1.807) is 49.4 Å². The van der Waals surface area contributed by atoms with Gasteiger partial charge in [-0.3, -0.25) is 18.7 Å². The van der Waals surface area contributed by atoms with Gasteiger partial charge in [-0.25, -0.2) is 9.59 Å². The van der Waals surface area contributed by atoms with Crippen LogP contribution >= 0.6 is 11.6 Å². The summed E-state index contributed by atoms with van der Waals surface area (Å²) in [6.07, 6.45) is 0. The maximum absolute atomic E-state index is 12.7. The summed E-state index contributed by atoms with van der Waals surface area (Å²) >= 11 is 5.88. The predicted octanol–water partition coefficient (Wildman–Crippen LogP) is 1.94. The molecule has 33 heavy (non-hydrogen) atoms. The third-order valence-electron chi connectivity index (χ3n) is 4.89. The first-order valence-electron chi connectivity index (χ1n) is 9.90. The molecule has 1 aromatic heterocycles. The Bertz CT molecular complexity index is 1310. The predicted molar refractivity (Wildman–Crippen MR) is 123 cm³/mol. The number of esters is 1. The van der Waals surface area contributed by atoms with Crippen molar-refractivity contribution >= 4 is 29.2 Å². The number of hydrogen-bond donors (Lipinski definition) is 1. The number of nitrogens with two attached hydrogens (primary N) is 1. The summed E-state index contributed by atoms with van der Waals surface area (Å²) in [7, 11) is 1.25. The number of nitrogens with zero attached hydrogens (tertiary/aromatic N) is 2. The molecule has 0 aliphatic heterocycles. The molecule has 0 bridgehead atoms. The number of carbonyl (C=O) groups excluding carboxylic acids is 2. The zero-order valence-corrected chi connectivity index (χ0v) is 18.8. The summed E-state index contributed by atoms with van der Waals surface area (Å²) in [6, 6.07) is 13.9. The number of benzene rings is 2. The molecule has 0 unspecified atom stereocenters. The standard InChI is InChI=1S/C23H22ClN3O6/c1-14-10-16(24)8-9-18(14)32-13-19(29)33-12-17(28)20-21(25)27(23(31)26(2)22(20)30)11-15-6-4-3-5-7-15/h3-10H,11-13,25H2,1-2H3. The third kappa shape index (κ3) is 5.50. The van der Waals surface area contributed by atoms with Crippen LogP contribution in [0.3, 0.4) is 0 Å². The highest BCUT2D eigenvalue weighted by molar-refractivity contribution is 6.30. The van der Waals surface area contributed by atoms with E-state index in [1.165, 1.54) is 7.05 Å². The SMILES string of the molecule is Cc1cc(Cl)ccc1OCC(=O)OCC(=O)c1c(N)n(Cc2ccccc2)c(=O)n(C)c1=O. The number of aromatic nitrogens is 2. The molecular formula is C23H22ClN3O6. The molecular weight excluding hydrogens is 450 g/mol. The van der Waals surface area contributed by atoms with Crippen molar-refractivity contribution in [3.8, 4) is 5.75 Å². The summed E-state index contributed by atoms with van der Waals surface area (Å²) < 4.78 is 12.2. The summed E-state index contributed by atoms with van der Waals surface area (Å²) in [6.45, 7) is 0.647. The lowest BCUT2D eigenvalue weighted by Crippen LogP contribution is -2.43. The summed E-state index contributed by atoms with van der Waals surface area (Å²) in [4.78, 5) is 49.8. The molecule has 0 aliphatic rings. The minimum Gasteiger partial charge on any atom is -0.482 e. The molecule has 2 aromatic carbocycles. The Kier molecular flexibility index (Phi) is 7.34. The minimum absolute atomic E-state index is 0.0635. The van der Waals surface area contributed by atoms with Crippen molar-refractivity contribution in [2.45, 2.75) is 13.5 Å². The fourth-order valence-electron chi connectivity index (χ4n) is 3.14. The minimum atomic E-state index is -0.865. The van der Waals surface area contributed by atoms with Crippen LogP contribution in [0.2, 0.25) is 5.02 Å². The normalized spacial score (nSPS) is 10.6. The van der Waals surface area contributed by atoms with Gasteiger partial charge in [0, 0.05) is 12.1 Å². The number of ether oxygens (including phenoxy) is 2. The van der Waals surface area contributed by atoms with Crippen LogP contribution in [0.1, 0.15) is 21.5 Å². The lowest BCUT2D eigenvalue weighted by molar-refractivity contribution is -0.144. The molecule has 2 N–H and O–H groups in total. The van der Waals surface area contributed by atoms with E-state index in [0.717, 1.165) is 20.3 Å². The molecule has 9 nitrogen and oxygen atoms in total. The Morgan fingerprint density at radius 1 is 1.06 bits per heavy atom. The molecule has 3 aromatic rings. The van der Waals surface area contributed by atoms with Gasteiger partial charge >= 0.3 is 11.7 Å². The molecule has 1 heterocycles. The molecule has 0 atom stereocenters. The van der Waals surface area contributed by atoms with E-state index in [0.29, 0.717) is 10.8 Å². The van der Waals surface area contributed by atoms with E-state index in [-0.39, 0.29) is 12.4 Å². The highest BCUT2D eigenvalue weighted by atomic mass is 35.5. The molecule has 10 heteroatoms. The molecule has 0 aliphatic carbocycles. The number of ketones is 1. The first-order chi connectivity index (χ1) is 15.7. The van der Waals surface area contributed by atoms with Crippen molar-refractivity contribution in [2.75, 3.05) is 18.9 Å². The molecule has 0 saturated heterocycles. The summed E-state index contributed by atoms with van der Waals surface area (Å²) in [5, 5.41) is 0.529. The quantitative estimate of drug-likeness (QED) is 0.393. The van der Waals surface area contributed by atoms with Crippen LogP contribution in [-0.2, 0) is 23.1 Å². The molecule has 3 rings (SSSR count). The van der Waals surface area contributed by atoms with Gasteiger partial charge in [-0.15, -0.1) is 0 Å². The van der Waals surface area contributed by atoms with Gasteiger partial charge < -0.3 is 15.2 Å². The van der Waals surface area contributed by atoms with Gasteiger partial charge in [0.2, 0.25) is 5.78 Å². The van der Waals surface area contributed by atoms with Gasteiger partial charge in [0.25, 0.3) is 5.56 Å². The lowest BCUT2D eigenvalue weighted by Gasteiger charge is -2.15. The number of nitrogen functional groups attached to an aromatic ring is 1. The van der Waals surface area contributed by atoms with Gasteiger partial charge in [-0.1, -0.05) is 41.9 Å². The van der Waals surface area contributed by atoms with Crippen molar-refractivity contribution in [3.63, 3.8) is 0 Å². The van der Waals surface area contributed by atoms with E-state index in [9.17, 15) is 19.2 Å². The van der Waals surface area contributed by atoms with Gasteiger partial charge in [0.15, 0.2) is 13.2 Å². The Hall–Kier alpha value is -3.85. The fraction of sp³-hybridized carbons (Fsp3) is 0.217. The Balaban J connectivity index is 1.73. The average Bonchev–Trinajstić information content (AvgIpc) is 2.79. The number of rotatable bonds is 8. The zero-order valence-electron chi connectivity index (χ0n) is 18.0. The Morgan fingerprint density at radius 3 is 2.42 bits per heavy atom. The van der Waals surface area contributed by atoms with Crippen molar-refractivity contribution in [1.29, 1.82) is 0 Å². The molecule has 0 spiro atoms. The van der Waals surface area contributed by atoms with E-state index in [1.807, 2.05) is 6.07 Å². The second-order valence-corrected chi connectivity index (χ2v) is 7.70. The van der Waals surface area contributed by atoms with Gasteiger partial charge in [-0.2, -0.15) is 0 Å². The topological polar surface area (TPSA) is 123 Å². The molecule has 0 radical (unpaired) electrons. The molecule has 172 valence electrons. The highest BCUT2D eigenvalue weighted by Gasteiger charge is 2.23. The maximum atomic E-state index is 12.7. The van der Waals surface area contributed by atoms with Gasteiger partial charge in [0.05, 0.1) is 6.54 Å². The molecule has 0 amide bonds. The number of anilines is 1. The van der Waals surface area contributed by atoms with E-state index < -0.39 is 41.8 Å². The lowest BCUT2D eigenvalue weighted by atomic mass is 10.2. The monoisotopic (exact) mass is 471 g/mol. The first-order valence-corrected chi connectivity index (χ1v) is 10.3. The summed E-state index contributed by atoms with van der Waals surface area (Å²) in [5.41, 5.74) is 5.55. The van der Waals surface area contributed by atoms with E-state index >= 15 is 0 Å². The van der Waals surface area contributed by atoms with Crippen LogP contribution in [0.25, 0.3) is 0 Å². The Morgan fingerprint density at radius 2 is 1.76 bits per heavy atom. The number of hydrogen-bond acceptors (Lipinski definition) is 7. The van der Waals surface area contributed by atoms with E-state index in [4.69, 9.17) is 26.8 Å². The van der Waals surface area contributed by atoms with Crippen molar-refractivity contribution in [1.82, 2.24) is 9.13 Å². The number of aryl methyl sites for hydroxylation is 1. The summed E-state index contributed by atoms with van der Waals surface area (Å²) in [5.74, 6) is -1.49. The second kappa shape index (κ2) is 10.2. The van der Waals surface area contributed by atoms with Crippen molar-refractivity contribution in [2.24, 2.45) is 7.05 Å². The molecule has 0 saturated carbocycles. The first kappa shape index (κ1) is 23.8. The molecule has 0 fully saturated rings. The van der Waals surface area contributed by atoms with E-state index in [2.05, 4.69) is 0 Å². The van der Waals surface area contributed by atoms with Crippen LogP contribution in [0.15, 0.2) is 58.1 Å². The Labute approximate surface area is 193 Å². The fourth-order valence-corrected chi connectivity index (χ4v) is 3.36. The van der Waals surface area contributed by atoms with Crippen LogP contribution in [0.4, 0.5) is 5.82 Å². The van der Waals surface area contributed by atoms with Crippen LogP contribution in [-0.4, -0.2) is 34.1 Å². The van der Waals surface area contributed by atoms with Crippen molar-refractivity contribution < 1.29 is 19.1 Å². The smallest absolute Gasteiger partial charge is 0.344 e. The third-order valence-corrected chi connectivity index (χ3v) is 5.13. The zero-order chi connectivity index (χ0) is 24.1. The second-order valence-electron chi connectivity index (χ2n) is 7.26. The van der Waals surface area contributed by atoms with Gasteiger partial charge in [0.1, 0.15) is 17.1 Å². The van der Waals surface area contributed by atoms with Crippen LogP contribution < -0.4 is 21.7 Å². The van der Waals surface area contributed by atoms with Crippen molar-refractivity contribution in [3.05, 3.63) is 91.1 Å².